The molecule has 0 spiro atoms. The molecule has 2 heterocycles. The Bertz CT molecular complexity index is 1020. The van der Waals surface area contributed by atoms with Crippen molar-refractivity contribution in [2.75, 3.05) is 0 Å². The topological polar surface area (TPSA) is 94.0 Å². The lowest BCUT2D eigenvalue weighted by atomic mass is 9.92. The van der Waals surface area contributed by atoms with Gasteiger partial charge < -0.3 is 9.63 Å². The number of alkyl halides is 2. The fraction of sp³-hybridized carbons (Fsp3) is 0.368. The Labute approximate surface area is 159 Å². The van der Waals surface area contributed by atoms with Crippen molar-refractivity contribution < 1.29 is 23.2 Å². The summed E-state index contributed by atoms with van der Waals surface area (Å²) >= 11 is 0. The van der Waals surface area contributed by atoms with Crippen molar-refractivity contribution >= 4 is 5.97 Å². The van der Waals surface area contributed by atoms with E-state index in [4.69, 9.17) is 9.63 Å². The van der Waals surface area contributed by atoms with E-state index < -0.39 is 18.1 Å². The maximum Gasteiger partial charge on any atom is 0.305 e. The number of nitrogens with zero attached hydrogens (tertiary/aromatic N) is 4. The SMILES string of the molecule is Cc1ccccc1C1(c2nc(-c3cc(C(F)F)nn3CCC(=O)O)no2)CC1. The van der Waals surface area contributed by atoms with Gasteiger partial charge in [-0.2, -0.15) is 10.1 Å². The van der Waals surface area contributed by atoms with E-state index in [0.29, 0.717) is 5.89 Å². The Morgan fingerprint density at radius 2 is 2.11 bits per heavy atom. The molecule has 9 heteroatoms. The number of aliphatic carboxylic acids is 1. The van der Waals surface area contributed by atoms with Crippen LogP contribution in [0.15, 0.2) is 34.9 Å². The monoisotopic (exact) mass is 388 g/mol. The third kappa shape index (κ3) is 3.17. The van der Waals surface area contributed by atoms with Crippen LogP contribution in [0, 0.1) is 6.92 Å². The standard InChI is InChI=1S/C19H18F2N4O3/c1-11-4-2-3-5-12(11)19(7-8-19)18-22-17(24-28-18)14-10-13(16(20)21)23-25(14)9-6-15(26)27/h2-5,10,16H,6-9H2,1H3,(H,26,27). The van der Waals surface area contributed by atoms with E-state index >= 15 is 0 Å². The van der Waals surface area contributed by atoms with Crippen LogP contribution in [0.1, 0.15) is 48.4 Å². The number of hydrogen-bond donors (Lipinski definition) is 1. The van der Waals surface area contributed by atoms with Crippen molar-refractivity contribution in [1.29, 1.82) is 0 Å². The van der Waals surface area contributed by atoms with E-state index in [0.717, 1.165) is 24.0 Å². The van der Waals surface area contributed by atoms with Crippen LogP contribution in [-0.2, 0) is 16.8 Å². The number of carboxylic acids is 1. The summed E-state index contributed by atoms with van der Waals surface area (Å²) in [5, 5.41) is 16.7. The number of carbonyl (C=O) groups is 1. The van der Waals surface area contributed by atoms with Crippen molar-refractivity contribution in [2.45, 2.75) is 44.6 Å². The summed E-state index contributed by atoms with van der Waals surface area (Å²) in [4.78, 5) is 15.3. The molecule has 28 heavy (non-hydrogen) atoms. The molecule has 3 aromatic rings. The molecule has 1 aliphatic carbocycles. The molecular weight excluding hydrogens is 370 g/mol. The largest absolute Gasteiger partial charge is 0.481 e. The maximum atomic E-state index is 13.1. The molecule has 0 atom stereocenters. The maximum absolute atomic E-state index is 13.1. The van der Waals surface area contributed by atoms with Crippen molar-refractivity contribution in [3.8, 4) is 11.5 Å². The van der Waals surface area contributed by atoms with Crippen LogP contribution in [0.25, 0.3) is 11.5 Å². The van der Waals surface area contributed by atoms with E-state index in [1.54, 1.807) is 0 Å². The molecule has 0 saturated heterocycles. The third-order valence-corrected chi connectivity index (χ3v) is 5.04. The van der Waals surface area contributed by atoms with Crippen LogP contribution in [0.3, 0.4) is 0 Å². The lowest BCUT2D eigenvalue weighted by Gasteiger charge is -2.13. The summed E-state index contributed by atoms with van der Waals surface area (Å²) in [6, 6.07) is 9.13. The smallest absolute Gasteiger partial charge is 0.305 e. The molecule has 4 rings (SSSR count). The second kappa shape index (κ2) is 6.81. The zero-order chi connectivity index (χ0) is 19.9. The van der Waals surface area contributed by atoms with Crippen LogP contribution < -0.4 is 0 Å². The molecule has 1 N–H and O–H groups in total. The number of aromatic nitrogens is 4. The molecule has 146 valence electrons. The quantitative estimate of drug-likeness (QED) is 0.663. The van der Waals surface area contributed by atoms with Gasteiger partial charge in [-0.3, -0.25) is 9.48 Å². The first-order valence-electron chi connectivity index (χ1n) is 8.89. The third-order valence-electron chi connectivity index (χ3n) is 5.04. The van der Waals surface area contributed by atoms with E-state index in [9.17, 15) is 13.6 Å². The highest BCUT2D eigenvalue weighted by molar-refractivity contribution is 5.66. The van der Waals surface area contributed by atoms with Gasteiger partial charge in [0.2, 0.25) is 11.7 Å². The highest BCUT2D eigenvalue weighted by Gasteiger charge is 2.51. The van der Waals surface area contributed by atoms with E-state index in [1.165, 1.54) is 10.7 Å². The van der Waals surface area contributed by atoms with Crippen LogP contribution in [-0.4, -0.2) is 31.0 Å². The van der Waals surface area contributed by atoms with Crippen molar-refractivity contribution in [2.24, 2.45) is 0 Å². The molecular formula is C19H18F2N4O3. The predicted octanol–water partition coefficient (Wildman–Crippen LogP) is 3.73. The van der Waals surface area contributed by atoms with E-state index in [-0.39, 0.29) is 29.9 Å². The first kappa shape index (κ1) is 18.3. The minimum atomic E-state index is -2.78. The molecule has 0 radical (unpaired) electrons. The van der Waals surface area contributed by atoms with Crippen LogP contribution >= 0.6 is 0 Å². The average Bonchev–Trinajstić information content (AvgIpc) is 3.12. The van der Waals surface area contributed by atoms with Gasteiger partial charge >= 0.3 is 5.97 Å². The lowest BCUT2D eigenvalue weighted by molar-refractivity contribution is -0.137. The summed E-state index contributed by atoms with van der Waals surface area (Å²) < 4.78 is 32.9. The van der Waals surface area contributed by atoms with E-state index in [2.05, 4.69) is 15.2 Å². The minimum Gasteiger partial charge on any atom is -0.481 e. The normalized spacial score (nSPS) is 15.1. The minimum absolute atomic E-state index is 0.0653. The Morgan fingerprint density at radius 1 is 1.36 bits per heavy atom. The number of rotatable bonds is 7. The summed E-state index contributed by atoms with van der Waals surface area (Å²) in [5.74, 6) is -0.494. The molecule has 0 amide bonds. The second-order valence-electron chi connectivity index (χ2n) is 6.94. The Morgan fingerprint density at radius 3 is 2.75 bits per heavy atom. The van der Waals surface area contributed by atoms with Gasteiger partial charge in [-0.1, -0.05) is 29.4 Å². The number of benzene rings is 1. The molecule has 1 fully saturated rings. The first-order valence-corrected chi connectivity index (χ1v) is 8.89. The molecule has 0 unspecified atom stereocenters. The van der Waals surface area contributed by atoms with Gasteiger partial charge in [0, 0.05) is 0 Å². The van der Waals surface area contributed by atoms with E-state index in [1.807, 2.05) is 31.2 Å². The Balaban J connectivity index is 1.70. The molecule has 2 aromatic heterocycles. The molecule has 0 bridgehead atoms. The van der Waals surface area contributed by atoms with Crippen molar-refractivity contribution in [3.05, 3.63) is 53.0 Å². The zero-order valence-corrected chi connectivity index (χ0v) is 15.1. The fourth-order valence-corrected chi connectivity index (χ4v) is 3.45. The van der Waals surface area contributed by atoms with Crippen LogP contribution in [0.2, 0.25) is 0 Å². The number of hydrogen-bond acceptors (Lipinski definition) is 5. The number of halogens is 2. The second-order valence-corrected chi connectivity index (χ2v) is 6.94. The first-order chi connectivity index (χ1) is 13.4. The number of carboxylic acid groups (broad SMARTS) is 1. The van der Waals surface area contributed by atoms with Gasteiger partial charge in [-0.05, 0) is 37.0 Å². The predicted molar refractivity (Wildman–Crippen MR) is 93.9 cm³/mol. The van der Waals surface area contributed by atoms with Gasteiger partial charge in [-0.25, -0.2) is 8.78 Å². The highest BCUT2D eigenvalue weighted by Crippen LogP contribution is 2.53. The molecule has 1 saturated carbocycles. The Kier molecular flexibility index (Phi) is 4.44. The van der Waals surface area contributed by atoms with Crippen LogP contribution in [0.5, 0.6) is 0 Å². The highest BCUT2D eigenvalue weighted by atomic mass is 19.3. The summed E-state index contributed by atoms with van der Waals surface area (Å²) in [7, 11) is 0. The van der Waals surface area contributed by atoms with Gasteiger partial charge in [0.05, 0.1) is 18.4 Å². The van der Waals surface area contributed by atoms with Gasteiger partial charge in [0.1, 0.15) is 11.4 Å². The zero-order valence-electron chi connectivity index (χ0n) is 15.1. The summed E-state index contributed by atoms with van der Waals surface area (Å²) in [5.41, 5.74) is 1.64. The van der Waals surface area contributed by atoms with Crippen LogP contribution in [0.4, 0.5) is 8.78 Å². The molecule has 1 aliphatic rings. The van der Waals surface area contributed by atoms with Gasteiger partial charge in [-0.15, -0.1) is 0 Å². The van der Waals surface area contributed by atoms with Crippen molar-refractivity contribution in [1.82, 2.24) is 19.9 Å². The van der Waals surface area contributed by atoms with Gasteiger partial charge in [0.25, 0.3) is 6.43 Å². The molecule has 1 aromatic carbocycles. The average molecular weight is 388 g/mol. The summed E-state index contributed by atoms with van der Waals surface area (Å²) in [6.45, 7) is 1.95. The van der Waals surface area contributed by atoms with Crippen molar-refractivity contribution in [3.63, 3.8) is 0 Å². The Hall–Kier alpha value is -3.10. The molecule has 0 aliphatic heterocycles. The van der Waals surface area contributed by atoms with Gasteiger partial charge in [0.15, 0.2) is 0 Å². The fourth-order valence-electron chi connectivity index (χ4n) is 3.45. The lowest BCUT2D eigenvalue weighted by Crippen LogP contribution is -2.11. The molecule has 7 nitrogen and oxygen atoms in total. The number of aryl methyl sites for hydroxylation is 2. The summed E-state index contributed by atoms with van der Waals surface area (Å²) in [6.07, 6.45) is -1.31.